The second-order valence-electron chi connectivity index (χ2n) is 8.18. The van der Waals surface area contributed by atoms with Crippen molar-refractivity contribution < 1.29 is 58.9 Å². The second kappa shape index (κ2) is 10.6. The topological polar surface area (TPSA) is 130 Å². The zero-order valence-corrected chi connectivity index (χ0v) is 21.4. The summed E-state index contributed by atoms with van der Waals surface area (Å²) in [7, 11) is 0. The van der Waals surface area contributed by atoms with Crippen molar-refractivity contribution in [3.05, 3.63) is 35.9 Å². The first-order chi connectivity index (χ1) is 14.6. The van der Waals surface area contributed by atoms with Crippen LogP contribution in [0.1, 0.15) is 26.3 Å². The quantitative estimate of drug-likeness (QED) is 0.292. The van der Waals surface area contributed by atoms with E-state index in [1.807, 2.05) is 6.07 Å². The summed E-state index contributed by atoms with van der Waals surface area (Å²) in [4.78, 5) is 51.9. The molecule has 0 unspecified atom stereocenters. The standard InChI is InChI=1S/C21H27N3O6S.Na/c1-4-22-13(25)11-23(10-12-8-6-5-7-9-12)18(28)15(26)14-17(27)24-16(20(29)30)21(2,3)31-19(14)24;/h5-9,14-16,19,26H,4,10-11H2,1-3H3,(H,22,25)(H,29,30);/q;+1/p-1/t14-,15+,16+,19-;/m1./s1. The van der Waals surface area contributed by atoms with Gasteiger partial charge in [0, 0.05) is 17.8 Å². The number of aliphatic carboxylic acids is 1. The molecule has 4 atom stereocenters. The van der Waals surface area contributed by atoms with E-state index in [9.17, 15) is 29.4 Å². The van der Waals surface area contributed by atoms with Gasteiger partial charge in [-0.2, -0.15) is 0 Å². The zero-order valence-electron chi connectivity index (χ0n) is 18.6. The number of thioether (sulfide) groups is 1. The van der Waals surface area contributed by atoms with Crippen molar-refractivity contribution in [2.24, 2.45) is 5.92 Å². The molecule has 1 aromatic rings. The van der Waals surface area contributed by atoms with Crippen LogP contribution >= 0.6 is 11.8 Å². The number of amides is 3. The molecule has 168 valence electrons. The van der Waals surface area contributed by atoms with Crippen LogP contribution in [0.5, 0.6) is 0 Å². The maximum absolute atomic E-state index is 13.1. The molecule has 11 heteroatoms. The first kappa shape index (κ1) is 26.7. The van der Waals surface area contributed by atoms with Crippen LogP contribution in [0.4, 0.5) is 0 Å². The van der Waals surface area contributed by atoms with Crippen molar-refractivity contribution in [3.8, 4) is 0 Å². The number of fused-ring (bicyclic) bond motifs is 1. The van der Waals surface area contributed by atoms with Gasteiger partial charge in [0.05, 0.1) is 23.9 Å². The van der Waals surface area contributed by atoms with E-state index in [0.717, 1.165) is 5.56 Å². The number of hydrogen-bond acceptors (Lipinski definition) is 7. The Labute approximate surface area is 213 Å². The largest absolute Gasteiger partial charge is 1.00 e. The summed E-state index contributed by atoms with van der Waals surface area (Å²) in [5, 5.41) is 24.3. The molecular weight excluding hydrogens is 445 g/mol. The van der Waals surface area contributed by atoms with Gasteiger partial charge in [-0.25, -0.2) is 0 Å². The molecule has 0 aromatic heterocycles. The van der Waals surface area contributed by atoms with E-state index in [1.54, 1.807) is 45.0 Å². The molecular formula is C21H26N3NaO6S. The summed E-state index contributed by atoms with van der Waals surface area (Å²) < 4.78 is -0.818. The van der Waals surface area contributed by atoms with Crippen molar-refractivity contribution in [3.63, 3.8) is 0 Å². The number of carbonyl (C=O) groups is 4. The average Bonchev–Trinajstić information content (AvgIpc) is 2.95. The molecule has 3 rings (SSSR count). The summed E-state index contributed by atoms with van der Waals surface area (Å²) in [6.45, 7) is 5.34. The predicted octanol–water partition coefficient (Wildman–Crippen LogP) is -4.06. The minimum Gasteiger partial charge on any atom is -0.548 e. The number of carboxylic acids is 1. The molecule has 1 aromatic carbocycles. The van der Waals surface area contributed by atoms with Crippen molar-refractivity contribution in [2.45, 2.75) is 49.6 Å². The number of β-lactam (4-membered cyclic amide) rings is 1. The minimum atomic E-state index is -1.68. The van der Waals surface area contributed by atoms with Gasteiger partial charge in [0.2, 0.25) is 11.8 Å². The summed E-state index contributed by atoms with van der Waals surface area (Å²) >= 11 is 1.22. The van der Waals surface area contributed by atoms with E-state index in [-0.39, 0.29) is 48.6 Å². The minimum absolute atomic E-state index is 0. The smallest absolute Gasteiger partial charge is 0.548 e. The van der Waals surface area contributed by atoms with E-state index >= 15 is 0 Å². The van der Waals surface area contributed by atoms with Gasteiger partial charge in [0.1, 0.15) is 12.0 Å². The Hall–Kier alpha value is -1.59. The molecule has 0 bridgehead atoms. The van der Waals surface area contributed by atoms with Gasteiger partial charge in [0.25, 0.3) is 5.91 Å². The Bertz CT molecular complexity index is 884. The molecule has 2 aliphatic heterocycles. The Kier molecular flexibility index (Phi) is 8.80. The zero-order chi connectivity index (χ0) is 22.9. The number of carboxylic acid groups (broad SMARTS) is 1. The molecule has 2 N–H and O–H groups in total. The number of benzene rings is 1. The number of hydrogen-bond donors (Lipinski definition) is 2. The monoisotopic (exact) mass is 471 g/mol. The summed E-state index contributed by atoms with van der Waals surface area (Å²) in [5.74, 6) is -4.17. The normalized spacial score (nSPS) is 23.9. The van der Waals surface area contributed by atoms with Gasteiger partial charge in [-0.05, 0) is 26.3 Å². The van der Waals surface area contributed by atoms with Crippen LogP contribution in [-0.2, 0) is 25.7 Å². The van der Waals surface area contributed by atoms with E-state index in [1.165, 1.54) is 21.6 Å². The SMILES string of the molecule is CCNC(=O)CN(Cc1ccccc1)C(=O)[C@@H](O)[C@@H]1C(=O)N2[C@@H]1SC(C)(C)[C@@H]2C(=O)[O-].[Na+]. The van der Waals surface area contributed by atoms with Crippen molar-refractivity contribution >= 4 is 35.5 Å². The molecule has 2 fully saturated rings. The maximum atomic E-state index is 13.1. The Balaban J connectivity index is 0.00000363. The van der Waals surface area contributed by atoms with Gasteiger partial charge in [-0.3, -0.25) is 14.4 Å². The molecule has 3 amide bonds. The van der Waals surface area contributed by atoms with Crippen molar-refractivity contribution in [1.29, 1.82) is 0 Å². The predicted molar refractivity (Wildman–Crippen MR) is 111 cm³/mol. The fourth-order valence-electron chi connectivity index (χ4n) is 4.10. The molecule has 9 nitrogen and oxygen atoms in total. The fourth-order valence-corrected chi connectivity index (χ4v) is 5.81. The number of carbonyl (C=O) groups excluding carboxylic acids is 4. The van der Waals surface area contributed by atoms with E-state index in [4.69, 9.17) is 0 Å². The molecule has 2 saturated heterocycles. The Morgan fingerprint density at radius 3 is 2.47 bits per heavy atom. The first-order valence-electron chi connectivity index (χ1n) is 10.1. The van der Waals surface area contributed by atoms with Crippen LogP contribution in [0.2, 0.25) is 0 Å². The summed E-state index contributed by atoms with van der Waals surface area (Å²) in [5.41, 5.74) is 0.766. The number of likely N-dealkylation sites (N-methyl/N-ethyl adjacent to an activating group) is 1. The van der Waals surface area contributed by atoms with Crippen LogP contribution in [0.15, 0.2) is 30.3 Å². The molecule has 0 aliphatic carbocycles. The Morgan fingerprint density at radius 2 is 1.91 bits per heavy atom. The third-order valence-corrected chi connectivity index (χ3v) is 7.13. The number of nitrogens with one attached hydrogen (secondary N) is 1. The van der Waals surface area contributed by atoms with Crippen molar-refractivity contribution in [2.75, 3.05) is 13.1 Å². The molecule has 0 spiro atoms. The van der Waals surface area contributed by atoms with Crippen LogP contribution in [0.25, 0.3) is 0 Å². The van der Waals surface area contributed by atoms with Crippen LogP contribution in [-0.4, -0.2) is 74.0 Å². The molecule has 2 heterocycles. The second-order valence-corrected chi connectivity index (χ2v) is 9.95. The third-order valence-electron chi connectivity index (χ3n) is 5.53. The van der Waals surface area contributed by atoms with Crippen LogP contribution in [0.3, 0.4) is 0 Å². The van der Waals surface area contributed by atoms with Gasteiger partial charge >= 0.3 is 29.6 Å². The molecule has 2 aliphatic rings. The number of rotatable bonds is 8. The van der Waals surface area contributed by atoms with Crippen molar-refractivity contribution in [1.82, 2.24) is 15.1 Å². The number of nitrogens with zero attached hydrogens (tertiary/aromatic N) is 2. The van der Waals surface area contributed by atoms with Crippen LogP contribution < -0.4 is 40.0 Å². The van der Waals surface area contributed by atoms with Gasteiger partial charge in [0.15, 0.2) is 0 Å². The summed E-state index contributed by atoms with van der Waals surface area (Å²) in [6, 6.07) is 7.87. The third kappa shape index (κ3) is 5.14. The Morgan fingerprint density at radius 1 is 1.28 bits per heavy atom. The summed E-state index contributed by atoms with van der Waals surface area (Å²) in [6.07, 6.45) is -1.68. The van der Waals surface area contributed by atoms with E-state index in [2.05, 4.69) is 5.32 Å². The fraction of sp³-hybridized carbons (Fsp3) is 0.524. The van der Waals surface area contributed by atoms with Gasteiger partial charge in [-0.1, -0.05) is 30.3 Å². The molecule has 0 radical (unpaired) electrons. The molecule has 32 heavy (non-hydrogen) atoms. The number of aliphatic hydroxyl groups is 1. The van der Waals surface area contributed by atoms with E-state index in [0.29, 0.717) is 6.54 Å². The van der Waals surface area contributed by atoms with Gasteiger partial charge < -0.3 is 30.1 Å². The average molecular weight is 472 g/mol. The number of aliphatic hydroxyl groups excluding tert-OH is 1. The molecule has 0 saturated carbocycles. The van der Waals surface area contributed by atoms with Crippen LogP contribution in [0, 0.1) is 5.92 Å². The van der Waals surface area contributed by atoms with Gasteiger partial charge in [-0.15, -0.1) is 11.8 Å². The van der Waals surface area contributed by atoms with E-state index < -0.39 is 46.0 Å². The maximum Gasteiger partial charge on any atom is 1.00 e. The first-order valence-corrected chi connectivity index (χ1v) is 10.9.